The number of nitrogens with one attached hydrogen (secondary N) is 3. The topological polar surface area (TPSA) is 174 Å². The molecule has 4 rings (SSSR count). The number of nitrogen functional groups attached to an aromatic ring is 1. The van der Waals surface area contributed by atoms with Crippen molar-refractivity contribution in [3.63, 3.8) is 0 Å². The lowest BCUT2D eigenvalue weighted by Crippen LogP contribution is -2.29. The first-order chi connectivity index (χ1) is 20.8. The normalized spacial score (nSPS) is 11.9. The number of aromatic amines is 1. The number of carbonyl (C=O) groups is 2. The Morgan fingerprint density at radius 3 is 2.41 bits per heavy atom. The van der Waals surface area contributed by atoms with Gasteiger partial charge in [0.2, 0.25) is 0 Å². The van der Waals surface area contributed by atoms with Crippen molar-refractivity contribution in [2.75, 3.05) is 19.0 Å². The van der Waals surface area contributed by atoms with Crippen LogP contribution in [0.5, 0.6) is 11.5 Å². The van der Waals surface area contributed by atoms with Gasteiger partial charge in [-0.05, 0) is 49.4 Å². The average Bonchev–Trinajstić information content (AvgIpc) is 3.37. The fourth-order valence-corrected chi connectivity index (χ4v) is 4.07. The van der Waals surface area contributed by atoms with E-state index < -0.39 is 41.2 Å². The van der Waals surface area contributed by atoms with Gasteiger partial charge in [0.25, 0.3) is 0 Å². The number of benzene rings is 3. The number of carbonyl (C=O) groups excluding carboxylic acids is 2. The van der Waals surface area contributed by atoms with E-state index in [9.17, 15) is 27.6 Å². The Labute approximate surface area is 245 Å². The van der Waals surface area contributed by atoms with E-state index in [4.69, 9.17) is 20.6 Å². The van der Waals surface area contributed by atoms with E-state index in [0.717, 1.165) is 12.1 Å². The van der Waals surface area contributed by atoms with Crippen molar-refractivity contribution in [1.82, 2.24) is 14.8 Å². The third-order valence-electron chi connectivity index (χ3n) is 6.08. The molecule has 0 aliphatic rings. The zero-order valence-electron chi connectivity index (χ0n) is 23.0. The first kappa shape index (κ1) is 31.3. The Hall–Kier alpha value is -5.67. The molecular formula is C28H24F4N6O6. The molecular weight excluding hydrogens is 592 g/mol. The molecule has 0 aliphatic heterocycles. The zero-order chi connectivity index (χ0) is 32.2. The second kappa shape index (κ2) is 12.7. The van der Waals surface area contributed by atoms with Crippen molar-refractivity contribution in [3.05, 3.63) is 99.5 Å². The van der Waals surface area contributed by atoms with Gasteiger partial charge in [-0.2, -0.15) is 17.9 Å². The molecule has 4 aromatic rings. The second-order valence-electron chi connectivity index (χ2n) is 8.95. The van der Waals surface area contributed by atoms with Crippen molar-refractivity contribution in [2.45, 2.75) is 19.1 Å². The van der Waals surface area contributed by atoms with Crippen LogP contribution in [0.15, 0.2) is 65.5 Å². The largest absolute Gasteiger partial charge is 0.493 e. The molecule has 16 heteroatoms. The van der Waals surface area contributed by atoms with Crippen LogP contribution in [0, 0.1) is 11.2 Å². The van der Waals surface area contributed by atoms with E-state index in [1.165, 1.54) is 43.5 Å². The summed E-state index contributed by atoms with van der Waals surface area (Å²) in [6.45, 7) is 1.92. The SMILES string of the molecule is CCOc1cc(C(Nc2ccc(C(=N)N)cc2)c2nn(-c3ccccc3C(=O)OC(=O)C(F)(F)F)c(=O)[nH]2)c(F)cc1OC. The lowest BCUT2D eigenvalue weighted by atomic mass is 10.0. The number of halogens is 4. The highest BCUT2D eigenvalue weighted by Gasteiger charge is 2.43. The molecule has 1 atom stereocenters. The summed E-state index contributed by atoms with van der Waals surface area (Å²) < 4.78 is 69.0. The summed E-state index contributed by atoms with van der Waals surface area (Å²) in [7, 11) is 1.33. The van der Waals surface area contributed by atoms with Gasteiger partial charge < -0.3 is 25.3 Å². The number of H-pyrrole nitrogens is 1. The molecule has 0 radical (unpaired) electrons. The highest BCUT2D eigenvalue weighted by molar-refractivity contribution is 6.00. The molecule has 1 heterocycles. The van der Waals surface area contributed by atoms with Crippen LogP contribution in [0.1, 0.15) is 40.3 Å². The van der Waals surface area contributed by atoms with Crippen LogP contribution >= 0.6 is 0 Å². The molecule has 1 unspecified atom stereocenters. The van der Waals surface area contributed by atoms with Gasteiger partial charge in [0.05, 0.1) is 25.0 Å². The summed E-state index contributed by atoms with van der Waals surface area (Å²) in [4.78, 5) is 39.3. The minimum atomic E-state index is -5.44. The first-order valence-electron chi connectivity index (χ1n) is 12.7. The summed E-state index contributed by atoms with van der Waals surface area (Å²) in [5, 5.41) is 14.8. The Balaban J connectivity index is 1.83. The number of amidine groups is 1. The van der Waals surface area contributed by atoms with Gasteiger partial charge in [-0.25, -0.2) is 18.8 Å². The van der Waals surface area contributed by atoms with E-state index in [1.54, 1.807) is 19.1 Å². The maximum Gasteiger partial charge on any atom is 0.491 e. The Morgan fingerprint density at radius 2 is 1.80 bits per heavy atom. The lowest BCUT2D eigenvalue weighted by Gasteiger charge is -2.21. The van der Waals surface area contributed by atoms with Crippen molar-refractivity contribution < 1.29 is 41.4 Å². The summed E-state index contributed by atoms with van der Waals surface area (Å²) in [5.41, 5.74) is 4.40. The molecule has 0 saturated heterocycles. The first-order valence-corrected chi connectivity index (χ1v) is 12.7. The zero-order valence-corrected chi connectivity index (χ0v) is 23.0. The quantitative estimate of drug-likeness (QED) is 0.0679. The predicted molar refractivity (Wildman–Crippen MR) is 148 cm³/mol. The van der Waals surface area contributed by atoms with E-state index in [1.807, 2.05) is 0 Å². The number of esters is 2. The van der Waals surface area contributed by atoms with Crippen molar-refractivity contribution >= 4 is 23.5 Å². The van der Waals surface area contributed by atoms with Crippen LogP contribution in [0.25, 0.3) is 5.69 Å². The van der Waals surface area contributed by atoms with Crippen LogP contribution in [0.3, 0.4) is 0 Å². The molecule has 230 valence electrons. The maximum absolute atomic E-state index is 15.6. The number of hydrogen-bond donors (Lipinski definition) is 4. The van der Waals surface area contributed by atoms with Gasteiger partial charge in [-0.15, -0.1) is 5.10 Å². The summed E-state index contributed by atoms with van der Waals surface area (Å²) in [5.74, 6) is -5.31. The average molecular weight is 617 g/mol. The van der Waals surface area contributed by atoms with Crippen molar-refractivity contribution in [3.8, 4) is 17.2 Å². The van der Waals surface area contributed by atoms with Crippen LogP contribution in [0.4, 0.5) is 23.2 Å². The molecule has 0 fully saturated rings. The van der Waals surface area contributed by atoms with Gasteiger partial charge in [-0.3, -0.25) is 10.4 Å². The summed E-state index contributed by atoms with van der Waals surface area (Å²) >= 11 is 0. The number of ether oxygens (including phenoxy) is 3. The highest BCUT2D eigenvalue weighted by atomic mass is 19.4. The number of anilines is 1. The van der Waals surface area contributed by atoms with Gasteiger partial charge in [0.1, 0.15) is 17.7 Å². The third-order valence-corrected chi connectivity index (χ3v) is 6.08. The number of hydrogen-bond acceptors (Lipinski definition) is 9. The Kier molecular flexibility index (Phi) is 9.01. The molecule has 0 bridgehead atoms. The van der Waals surface area contributed by atoms with Crippen LogP contribution in [-0.2, 0) is 9.53 Å². The van der Waals surface area contributed by atoms with E-state index >= 15 is 4.39 Å². The smallest absolute Gasteiger partial charge is 0.491 e. The summed E-state index contributed by atoms with van der Waals surface area (Å²) in [6.07, 6.45) is -5.44. The number of nitrogens with zero attached hydrogens (tertiary/aromatic N) is 2. The van der Waals surface area contributed by atoms with Gasteiger partial charge in [-0.1, -0.05) is 12.1 Å². The number of rotatable bonds is 10. The van der Waals surface area contributed by atoms with E-state index in [0.29, 0.717) is 15.9 Å². The van der Waals surface area contributed by atoms with Gasteiger partial charge in [0, 0.05) is 22.9 Å². The fourth-order valence-electron chi connectivity index (χ4n) is 4.07. The molecule has 0 saturated carbocycles. The minimum Gasteiger partial charge on any atom is -0.493 e. The number of aromatic nitrogens is 3. The second-order valence-corrected chi connectivity index (χ2v) is 8.95. The predicted octanol–water partition coefficient (Wildman–Crippen LogP) is 3.84. The number of methoxy groups -OCH3 is 1. The Bertz CT molecular complexity index is 1770. The maximum atomic E-state index is 15.6. The Morgan fingerprint density at radius 1 is 1.11 bits per heavy atom. The van der Waals surface area contributed by atoms with Crippen molar-refractivity contribution in [2.24, 2.45) is 5.73 Å². The lowest BCUT2D eigenvalue weighted by molar-refractivity contribution is -0.193. The number of para-hydroxylation sites is 1. The molecule has 12 nitrogen and oxygen atoms in total. The molecule has 44 heavy (non-hydrogen) atoms. The highest BCUT2D eigenvalue weighted by Crippen LogP contribution is 2.36. The molecule has 0 spiro atoms. The monoisotopic (exact) mass is 616 g/mol. The van der Waals surface area contributed by atoms with Crippen LogP contribution in [-0.4, -0.2) is 52.4 Å². The minimum absolute atomic E-state index is 0.0609. The van der Waals surface area contributed by atoms with E-state index in [2.05, 4.69) is 20.1 Å². The third kappa shape index (κ3) is 6.69. The van der Waals surface area contributed by atoms with Crippen LogP contribution < -0.4 is 26.2 Å². The number of nitrogens with two attached hydrogens (primary N) is 1. The molecule has 3 aromatic carbocycles. The van der Waals surface area contributed by atoms with Gasteiger partial charge >= 0.3 is 23.8 Å². The molecule has 0 amide bonds. The fraction of sp³-hybridized carbons (Fsp3) is 0.179. The summed E-state index contributed by atoms with van der Waals surface area (Å²) in [6, 6.07) is 12.2. The molecule has 0 aliphatic carbocycles. The van der Waals surface area contributed by atoms with Crippen LogP contribution in [0.2, 0.25) is 0 Å². The van der Waals surface area contributed by atoms with Crippen molar-refractivity contribution in [1.29, 1.82) is 5.41 Å². The van der Waals surface area contributed by atoms with E-state index in [-0.39, 0.29) is 41.0 Å². The molecule has 5 N–H and O–H groups in total. The standard InChI is InChI=1S/C28H24F4N6O6/c1-3-43-21-12-17(18(29)13-20(21)42-2)22(35-15-10-8-14(9-11-15)23(33)34)24-36-27(41)38(37-24)19-7-5-4-6-16(19)25(39)44-26(40)28(30,31)32/h4-13,22,35H,3H2,1-2H3,(H3,33,34)(H,36,37,41). The van der Waals surface area contributed by atoms with Gasteiger partial charge in [0.15, 0.2) is 17.3 Å². The number of alkyl halides is 3. The molecule has 1 aromatic heterocycles.